The molecule has 10 rings (SSSR count). The number of hydrogen-bond donors (Lipinski definition) is 0. The average molecular weight is 623 g/mol. The van der Waals surface area contributed by atoms with Crippen LogP contribution in [0.2, 0.25) is 5.02 Å². The van der Waals surface area contributed by atoms with Crippen LogP contribution in [0.25, 0.3) is 94.0 Å². The van der Waals surface area contributed by atoms with Crippen molar-refractivity contribution in [1.29, 1.82) is 0 Å². The Morgan fingerprint density at radius 1 is 0.489 bits per heavy atom. The summed E-state index contributed by atoms with van der Waals surface area (Å²) in [5.41, 5.74) is 5.38. The van der Waals surface area contributed by atoms with Crippen molar-refractivity contribution in [2.75, 3.05) is 0 Å². The van der Waals surface area contributed by atoms with Crippen LogP contribution in [0.15, 0.2) is 144 Å². The third-order valence-electron chi connectivity index (χ3n) is 9.09. The van der Waals surface area contributed by atoms with Gasteiger partial charge in [-0.1, -0.05) is 109 Å². The van der Waals surface area contributed by atoms with Crippen LogP contribution in [0.3, 0.4) is 0 Å². The van der Waals surface area contributed by atoms with E-state index in [1.807, 2.05) is 30.3 Å². The number of halogens is 1. The minimum Gasteiger partial charge on any atom is -0.456 e. The van der Waals surface area contributed by atoms with Crippen LogP contribution in [0, 0.1) is 0 Å². The summed E-state index contributed by atoms with van der Waals surface area (Å²) in [6.45, 7) is 0. The van der Waals surface area contributed by atoms with Crippen molar-refractivity contribution in [2.24, 2.45) is 0 Å². The van der Waals surface area contributed by atoms with Gasteiger partial charge in [-0.3, -0.25) is 4.57 Å². The van der Waals surface area contributed by atoms with Crippen LogP contribution in [0.5, 0.6) is 0 Å². The zero-order valence-corrected chi connectivity index (χ0v) is 25.6. The van der Waals surface area contributed by atoms with E-state index in [1.54, 1.807) is 0 Å². The molecule has 0 amide bonds. The monoisotopic (exact) mass is 622 g/mol. The molecule has 0 unspecified atom stereocenters. The van der Waals surface area contributed by atoms with E-state index in [0.29, 0.717) is 22.6 Å². The van der Waals surface area contributed by atoms with E-state index in [4.69, 9.17) is 31.0 Å². The lowest BCUT2D eigenvalue weighted by molar-refractivity contribution is 0.669. The maximum atomic E-state index is 6.44. The molecule has 3 heterocycles. The Hall–Kier alpha value is -6.04. The van der Waals surface area contributed by atoms with Gasteiger partial charge >= 0.3 is 0 Å². The second-order valence-corrected chi connectivity index (χ2v) is 12.2. The summed E-state index contributed by atoms with van der Waals surface area (Å²) in [5, 5.41) is 9.31. The molecule has 0 spiro atoms. The van der Waals surface area contributed by atoms with E-state index in [2.05, 4.69) is 114 Å². The van der Waals surface area contributed by atoms with Crippen LogP contribution in [0.4, 0.5) is 0 Å². The lowest BCUT2D eigenvalue weighted by Gasteiger charge is -2.13. The first-order valence-corrected chi connectivity index (χ1v) is 15.9. The first-order valence-electron chi connectivity index (χ1n) is 15.5. The Labute approximate surface area is 273 Å². The molecule has 0 radical (unpaired) electrons. The number of nitrogens with zero attached hydrogens (tertiary/aromatic N) is 4. The summed E-state index contributed by atoms with van der Waals surface area (Å²) in [6, 6.07) is 47.6. The quantitative estimate of drug-likeness (QED) is 0.197. The van der Waals surface area contributed by atoms with E-state index >= 15 is 0 Å². The van der Waals surface area contributed by atoms with Crippen LogP contribution >= 0.6 is 11.6 Å². The van der Waals surface area contributed by atoms with Crippen molar-refractivity contribution in [2.45, 2.75) is 0 Å². The second-order valence-electron chi connectivity index (χ2n) is 11.8. The molecule has 0 aliphatic rings. The van der Waals surface area contributed by atoms with Crippen LogP contribution < -0.4 is 0 Å². The van der Waals surface area contributed by atoms with E-state index in [-0.39, 0.29) is 0 Å². The lowest BCUT2D eigenvalue weighted by Crippen LogP contribution is -2.06. The Morgan fingerprint density at radius 2 is 1.15 bits per heavy atom. The summed E-state index contributed by atoms with van der Waals surface area (Å²) in [5.74, 6) is 1.71. The average Bonchev–Trinajstić information content (AvgIpc) is 3.66. The fourth-order valence-corrected chi connectivity index (χ4v) is 7.15. The number of fused-ring (bicyclic) bond motifs is 9. The number of aromatic nitrogens is 4. The predicted molar refractivity (Wildman–Crippen MR) is 192 cm³/mol. The van der Waals surface area contributed by atoms with Gasteiger partial charge in [0.2, 0.25) is 5.95 Å². The van der Waals surface area contributed by atoms with Crippen molar-refractivity contribution in [3.63, 3.8) is 0 Å². The molecule has 0 atom stereocenters. The van der Waals surface area contributed by atoms with Crippen molar-refractivity contribution >= 4 is 76.9 Å². The van der Waals surface area contributed by atoms with E-state index < -0.39 is 0 Å². The van der Waals surface area contributed by atoms with Crippen molar-refractivity contribution in [3.8, 4) is 28.7 Å². The van der Waals surface area contributed by atoms with Gasteiger partial charge < -0.3 is 4.42 Å². The molecule has 0 aliphatic carbocycles. The molecule has 5 nitrogen and oxygen atoms in total. The minimum absolute atomic E-state index is 0.552. The largest absolute Gasteiger partial charge is 0.456 e. The molecule has 10 aromatic rings. The molecule has 0 saturated heterocycles. The molecular weight excluding hydrogens is 600 g/mol. The topological polar surface area (TPSA) is 56.7 Å². The normalized spacial score (nSPS) is 11.9. The molecule has 47 heavy (non-hydrogen) atoms. The van der Waals surface area contributed by atoms with Gasteiger partial charge in [-0.15, -0.1) is 0 Å². The Bertz CT molecular complexity index is 2830. The number of furan rings is 1. The highest BCUT2D eigenvalue weighted by Gasteiger charge is 2.21. The lowest BCUT2D eigenvalue weighted by atomic mass is 9.98. The Morgan fingerprint density at radius 3 is 1.94 bits per heavy atom. The fourth-order valence-electron chi connectivity index (χ4n) is 6.98. The SMILES string of the molecule is Clc1ccc2oc3cc(-c4nc(-c5ccc6ccccc6c5)nc(-n5c6ccccc6c6ccccc65)n4)c4ccccc4c3c2c1. The number of para-hydroxylation sites is 2. The van der Waals surface area contributed by atoms with Crippen LogP contribution in [-0.2, 0) is 0 Å². The van der Waals surface area contributed by atoms with Crippen LogP contribution in [0.1, 0.15) is 0 Å². The molecule has 0 aliphatic heterocycles. The first kappa shape index (κ1) is 26.2. The highest BCUT2D eigenvalue weighted by Crippen LogP contribution is 2.41. The van der Waals surface area contributed by atoms with Gasteiger partial charge in [0.05, 0.1) is 11.0 Å². The maximum absolute atomic E-state index is 6.44. The zero-order chi connectivity index (χ0) is 31.1. The summed E-state index contributed by atoms with van der Waals surface area (Å²) in [4.78, 5) is 15.6. The van der Waals surface area contributed by atoms with Crippen molar-refractivity contribution in [1.82, 2.24) is 19.5 Å². The number of hydrogen-bond acceptors (Lipinski definition) is 4. The summed E-state index contributed by atoms with van der Waals surface area (Å²) >= 11 is 6.44. The minimum atomic E-state index is 0.552. The molecular formula is C41H23ClN4O. The van der Waals surface area contributed by atoms with E-state index in [1.165, 1.54) is 0 Å². The highest BCUT2D eigenvalue weighted by molar-refractivity contribution is 6.32. The standard InChI is InChI=1S/C41H23ClN4O/c42-27-19-20-36-33(22-27)38-31-14-4-3-11-28(31)32(23-37(38)47-36)40-43-39(26-18-17-24-9-1-2-10-25(24)21-26)44-41(45-40)46-34-15-7-5-12-29(34)30-13-6-8-16-35(30)46/h1-23H. The van der Waals surface area contributed by atoms with Gasteiger partial charge in [0.1, 0.15) is 11.2 Å². The molecule has 0 saturated carbocycles. The van der Waals surface area contributed by atoms with Crippen LogP contribution in [-0.4, -0.2) is 19.5 Å². The Balaban J connectivity index is 1.31. The molecule has 220 valence electrons. The van der Waals surface area contributed by atoms with E-state index in [9.17, 15) is 0 Å². The molecule has 0 N–H and O–H groups in total. The van der Waals surface area contributed by atoms with Gasteiger partial charge in [0, 0.05) is 37.7 Å². The molecule has 3 aromatic heterocycles. The summed E-state index contributed by atoms with van der Waals surface area (Å²) in [7, 11) is 0. The molecule has 6 heteroatoms. The second kappa shape index (κ2) is 9.98. The number of benzene rings is 7. The zero-order valence-electron chi connectivity index (χ0n) is 24.9. The third-order valence-corrected chi connectivity index (χ3v) is 9.33. The Kier molecular flexibility index (Phi) is 5.56. The predicted octanol–water partition coefficient (Wildman–Crippen LogP) is 11.2. The molecule has 0 bridgehead atoms. The number of rotatable bonds is 3. The molecule has 7 aromatic carbocycles. The smallest absolute Gasteiger partial charge is 0.238 e. The summed E-state index contributed by atoms with van der Waals surface area (Å²) < 4.78 is 8.57. The highest BCUT2D eigenvalue weighted by atomic mass is 35.5. The van der Waals surface area contributed by atoms with Gasteiger partial charge in [0.15, 0.2) is 11.6 Å². The van der Waals surface area contributed by atoms with Crippen molar-refractivity contribution < 1.29 is 4.42 Å². The van der Waals surface area contributed by atoms with E-state index in [0.717, 1.165) is 76.4 Å². The fraction of sp³-hybridized carbons (Fsp3) is 0. The first-order chi connectivity index (χ1) is 23.2. The van der Waals surface area contributed by atoms with Gasteiger partial charge in [0.25, 0.3) is 0 Å². The maximum Gasteiger partial charge on any atom is 0.238 e. The summed E-state index contributed by atoms with van der Waals surface area (Å²) in [6.07, 6.45) is 0. The van der Waals surface area contributed by atoms with Gasteiger partial charge in [-0.25, -0.2) is 4.98 Å². The third kappa shape index (κ3) is 4.00. The van der Waals surface area contributed by atoms with Gasteiger partial charge in [-0.05, 0) is 64.0 Å². The molecule has 0 fully saturated rings. The van der Waals surface area contributed by atoms with Crippen molar-refractivity contribution in [3.05, 3.63) is 145 Å². The van der Waals surface area contributed by atoms with Gasteiger partial charge in [-0.2, -0.15) is 9.97 Å².